The Bertz CT molecular complexity index is 524. The van der Waals surface area contributed by atoms with Gasteiger partial charge in [0, 0.05) is 6.54 Å². The van der Waals surface area contributed by atoms with Crippen LogP contribution in [0.25, 0.3) is 0 Å². The number of benzene rings is 1. The van der Waals surface area contributed by atoms with Gasteiger partial charge in [-0.3, -0.25) is 0 Å². The first-order chi connectivity index (χ1) is 9.20. The average molecular weight is 260 g/mol. The molecule has 1 heterocycles. The lowest BCUT2D eigenvalue weighted by atomic mass is 10.1. The standard InChI is InChI=1S/C14H20N4O/c1-10-6-4-5-7-12(10)8-9-16-14-18-17-13(19-14)11(2)15-3/h4-7,11,15H,8-9H2,1-3H3,(H,16,18). The maximum Gasteiger partial charge on any atom is 0.315 e. The van der Waals surface area contributed by atoms with Gasteiger partial charge in [-0.1, -0.05) is 29.4 Å². The number of hydrogen-bond donors (Lipinski definition) is 2. The van der Waals surface area contributed by atoms with Crippen LogP contribution in [0.4, 0.5) is 6.01 Å². The van der Waals surface area contributed by atoms with E-state index in [4.69, 9.17) is 4.42 Å². The molecule has 5 heteroatoms. The lowest BCUT2D eigenvalue weighted by Gasteiger charge is -2.05. The molecule has 1 unspecified atom stereocenters. The molecule has 1 aromatic heterocycles. The van der Waals surface area contributed by atoms with E-state index in [-0.39, 0.29) is 6.04 Å². The Morgan fingerprint density at radius 2 is 2.05 bits per heavy atom. The number of nitrogens with one attached hydrogen (secondary N) is 2. The van der Waals surface area contributed by atoms with Crippen molar-refractivity contribution in [1.29, 1.82) is 0 Å². The Morgan fingerprint density at radius 3 is 2.79 bits per heavy atom. The zero-order valence-electron chi connectivity index (χ0n) is 11.6. The predicted molar refractivity (Wildman–Crippen MR) is 75.1 cm³/mol. The molecular formula is C14H20N4O. The summed E-state index contributed by atoms with van der Waals surface area (Å²) < 4.78 is 5.51. The van der Waals surface area contributed by atoms with Crippen molar-refractivity contribution in [3.8, 4) is 0 Å². The molecule has 0 aliphatic rings. The number of rotatable bonds is 6. The second-order valence-electron chi connectivity index (χ2n) is 4.56. The van der Waals surface area contributed by atoms with Gasteiger partial charge in [0.1, 0.15) is 0 Å². The first-order valence-corrected chi connectivity index (χ1v) is 6.49. The van der Waals surface area contributed by atoms with Gasteiger partial charge in [-0.2, -0.15) is 0 Å². The van der Waals surface area contributed by atoms with E-state index >= 15 is 0 Å². The number of anilines is 1. The van der Waals surface area contributed by atoms with E-state index in [1.807, 2.05) is 14.0 Å². The Labute approximate surface area is 113 Å². The zero-order valence-corrected chi connectivity index (χ0v) is 11.6. The molecule has 2 N–H and O–H groups in total. The van der Waals surface area contributed by atoms with E-state index in [2.05, 4.69) is 52.0 Å². The minimum Gasteiger partial charge on any atom is -0.406 e. The number of hydrogen-bond acceptors (Lipinski definition) is 5. The lowest BCUT2D eigenvalue weighted by Crippen LogP contribution is -2.12. The molecule has 0 amide bonds. The second kappa shape index (κ2) is 6.33. The minimum atomic E-state index is 0.0689. The molecule has 5 nitrogen and oxygen atoms in total. The van der Waals surface area contributed by atoms with Crippen molar-refractivity contribution in [2.24, 2.45) is 0 Å². The van der Waals surface area contributed by atoms with Crippen LogP contribution < -0.4 is 10.6 Å². The monoisotopic (exact) mass is 260 g/mol. The summed E-state index contributed by atoms with van der Waals surface area (Å²) in [6, 6.07) is 8.91. The predicted octanol–water partition coefficient (Wildman–Crippen LogP) is 2.31. The Morgan fingerprint density at radius 1 is 1.26 bits per heavy atom. The minimum absolute atomic E-state index is 0.0689. The van der Waals surface area contributed by atoms with E-state index < -0.39 is 0 Å². The van der Waals surface area contributed by atoms with Crippen molar-refractivity contribution in [2.45, 2.75) is 26.3 Å². The van der Waals surface area contributed by atoms with Crippen LogP contribution >= 0.6 is 0 Å². The van der Waals surface area contributed by atoms with Crippen molar-refractivity contribution >= 4 is 6.01 Å². The molecule has 102 valence electrons. The van der Waals surface area contributed by atoms with E-state index in [1.165, 1.54) is 11.1 Å². The molecule has 0 bridgehead atoms. The third-order valence-electron chi connectivity index (χ3n) is 3.18. The molecule has 1 atom stereocenters. The van der Waals surface area contributed by atoms with Gasteiger partial charge in [0.15, 0.2) is 0 Å². The van der Waals surface area contributed by atoms with E-state index in [1.54, 1.807) is 0 Å². The Kier molecular flexibility index (Phi) is 4.52. The highest BCUT2D eigenvalue weighted by molar-refractivity contribution is 5.27. The fourth-order valence-electron chi connectivity index (χ4n) is 1.80. The normalized spacial score (nSPS) is 12.4. The Hall–Kier alpha value is -1.88. The molecule has 0 fully saturated rings. The third kappa shape index (κ3) is 3.54. The summed E-state index contributed by atoms with van der Waals surface area (Å²) in [4.78, 5) is 0. The van der Waals surface area contributed by atoms with Crippen LogP contribution in [0.5, 0.6) is 0 Å². The van der Waals surface area contributed by atoms with Crippen molar-refractivity contribution in [2.75, 3.05) is 18.9 Å². The summed E-state index contributed by atoms with van der Waals surface area (Å²) >= 11 is 0. The first kappa shape index (κ1) is 13.5. The molecular weight excluding hydrogens is 240 g/mol. The molecule has 1 aromatic carbocycles. The molecule has 0 aliphatic carbocycles. The summed E-state index contributed by atoms with van der Waals surface area (Å²) in [5.41, 5.74) is 2.64. The molecule has 0 aliphatic heterocycles. The third-order valence-corrected chi connectivity index (χ3v) is 3.18. The SMILES string of the molecule is CNC(C)c1nnc(NCCc2ccccc2C)o1. The highest BCUT2D eigenvalue weighted by atomic mass is 16.4. The summed E-state index contributed by atoms with van der Waals surface area (Å²) in [5.74, 6) is 0.598. The lowest BCUT2D eigenvalue weighted by molar-refractivity contribution is 0.441. The summed E-state index contributed by atoms with van der Waals surface area (Å²) in [6.45, 7) is 4.87. The smallest absolute Gasteiger partial charge is 0.315 e. The molecule has 0 saturated heterocycles. The summed E-state index contributed by atoms with van der Waals surface area (Å²) in [6.07, 6.45) is 0.936. The Balaban J connectivity index is 1.86. The maximum atomic E-state index is 5.51. The van der Waals surface area contributed by atoms with Gasteiger partial charge in [-0.15, -0.1) is 5.10 Å². The highest BCUT2D eigenvalue weighted by Crippen LogP contribution is 2.13. The van der Waals surface area contributed by atoms with E-state index in [9.17, 15) is 0 Å². The largest absolute Gasteiger partial charge is 0.406 e. The van der Waals surface area contributed by atoms with Gasteiger partial charge in [-0.25, -0.2) is 0 Å². The molecule has 19 heavy (non-hydrogen) atoms. The average Bonchev–Trinajstić information content (AvgIpc) is 2.89. The quantitative estimate of drug-likeness (QED) is 0.834. The van der Waals surface area contributed by atoms with Gasteiger partial charge < -0.3 is 15.1 Å². The molecule has 2 aromatic rings. The summed E-state index contributed by atoms with van der Waals surface area (Å²) in [7, 11) is 1.86. The molecule has 0 saturated carbocycles. The second-order valence-corrected chi connectivity index (χ2v) is 4.56. The van der Waals surface area contributed by atoms with Gasteiger partial charge in [-0.05, 0) is 38.4 Å². The molecule has 0 spiro atoms. The highest BCUT2D eigenvalue weighted by Gasteiger charge is 2.11. The number of aryl methyl sites for hydroxylation is 1. The van der Waals surface area contributed by atoms with Gasteiger partial charge >= 0.3 is 6.01 Å². The van der Waals surface area contributed by atoms with Gasteiger partial charge in [0.25, 0.3) is 0 Å². The zero-order chi connectivity index (χ0) is 13.7. The van der Waals surface area contributed by atoms with Crippen LogP contribution in [-0.2, 0) is 6.42 Å². The van der Waals surface area contributed by atoms with E-state index in [0.717, 1.165) is 13.0 Å². The van der Waals surface area contributed by atoms with Gasteiger partial charge in [0.2, 0.25) is 5.89 Å². The van der Waals surface area contributed by atoms with Crippen molar-refractivity contribution in [1.82, 2.24) is 15.5 Å². The van der Waals surface area contributed by atoms with Crippen molar-refractivity contribution in [3.05, 3.63) is 41.3 Å². The summed E-state index contributed by atoms with van der Waals surface area (Å²) in [5, 5.41) is 14.2. The van der Waals surface area contributed by atoms with Crippen LogP contribution in [0.3, 0.4) is 0 Å². The first-order valence-electron chi connectivity index (χ1n) is 6.49. The van der Waals surface area contributed by atoms with Crippen LogP contribution in [-0.4, -0.2) is 23.8 Å². The van der Waals surface area contributed by atoms with Gasteiger partial charge in [0.05, 0.1) is 6.04 Å². The molecule has 0 radical (unpaired) electrons. The fraction of sp³-hybridized carbons (Fsp3) is 0.429. The van der Waals surface area contributed by atoms with Crippen LogP contribution in [0.1, 0.15) is 30.0 Å². The van der Waals surface area contributed by atoms with Crippen molar-refractivity contribution < 1.29 is 4.42 Å². The van der Waals surface area contributed by atoms with E-state index in [0.29, 0.717) is 11.9 Å². The van der Waals surface area contributed by atoms with Crippen molar-refractivity contribution in [3.63, 3.8) is 0 Å². The topological polar surface area (TPSA) is 63.0 Å². The fourth-order valence-corrected chi connectivity index (χ4v) is 1.80. The van der Waals surface area contributed by atoms with Crippen LogP contribution in [0, 0.1) is 6.92 Å². The molecule has 2 rings (SSSR count). The maximum absolute atomic E-state index is 5.51. The number of nitrogens with zero attached hydrogens (tertiary/aromatic N) is 2. The number of aromatic nitrogens is 2. The van der Waals surface area contributed by atoms with Crippen LogP contribution in [0.2, 0.25) is 0 Å². The van der Waals surface area contributed by atoms with Crippen LogP contribution in [0.15, 0.2) is 28.7 Å².